The van der Waals surface area contributed by atoms with E-state index in [9.17, 15) is 18.8 Å². The zero-order valence-corrected chi connectivity index (χ0v) is 11.9. The topological polar surface area (TPSA) is 102 Å². The first-order valence-corrected chi connectivity index (χ1v) is 6.40. The van der Waals surface area contributed by atoms with Gasteiger partial charge in [0.05, 0.1) is 7.11 Å². The number of carbonyl (C=O) groups excluding carboxylic acids is 2. The second-order valence-electron chi connectivity index (χ2n) is 4.32. The maximum absolute atomic E-state index is 13.3. The third-order valence-electron chi connectivity index (χ3n) is 2.77. The molecular formula is C14H16FNO6. The standard InChI is InChI=1S/C14H16FNO6/c1-21-12(17)7-6-11(13(18)19)16-14(20)22-8-9-4-2-3-5-10(9)15/h2-5,11H,6-8H2,1H3,(H,16,20)(H,18,19). The van der Waals surface area contributed by atoms with Crippen LogP contribution in [0.25, 0.3) is 0 Å². The summed E-state index contributed by atoms with van der Waals surface area (Å²) in [6.07, 6.45) is -1.32. The quantitative estimate of drug-likeness (QED) is 0.739. The number of carboxylic acids is 1. The predicted octanol–water partition coefficient (Wildman–Crippen LogP) is 1.46. The molecule has 1 rings (SSSR count). The Morgan fingerprint density at radius 2 is 2.00 bits per heavy atom. The maximum Gasteiger partial charge on any atom is 0.408 e. The Kier molecular flexibility index (Phi) is 6.81. The van der Waals surface area contributed by atoms with Crippen LogP contribution in [0.3, 0.4) is 0 Å². The number of alkyl carbamates (subject to hydrolysis) is 1. The molecule has 0 bridgehead atoms. The van der Waals surface area contributed by atoms with E-state index in [0.29, 0.717) is 0 Å². The molecule has 0 spiro atoms. The molecule has 1 amide bonds. The number of halogens is 1. The van der Waals surface area contributed by atoms with Gasteiger partial charge >= 0.3 is 18.0 Å². The molecule has 1 aromatic carbocycles. The van der Waals surface area contributed by atoms with Crippen LogP contribution in [-0.4, -0.2) is 36.3 Å². The first-order valence-electron chi connectivity index (χ1n) is 6.40. The fraction of sp³-hybridized carbons (Fsp3) is 0.357. The number of carboxylic acid groups (broad SMARTS) is 1. The Hall–Kier alpha value is -2.64. The third-order valence-corrected chi connectivity index (χ3v) is 2.77. The number of hydrogen-bond acceptors (Lipinski definition) is 5. The monoisotopic (exact) mass is 313 g/mol. The van der Waals surface area contributed by atoms with E-state index in [1.807, 2.05) is 0 Å². The van der Waals surface area contributed by atoms with Gasteiger partial charge in [-0.05, 0) is 12.5 Å². The van der Waals surface area contributed by atoms with Gasteiger partial charge in [-0.25, -0.2) is 14.0 Å². The van der Waals surface area contributed by atoms with E-state index in [1.165, 1.54) is 25.3 Å². The Morgan fingerprint density at radius 3 is 2.59 bits per heavy atom. The number of methoxy groups -OCH3 is 1. The lowest BCUT2D eigenvalue weighted by atomic mass is 10.1. The molecule has 0 fully saturated rings. The SMILES string of the molecule is COC(=O)CCC(NC(=O)OCc1ccccc1F)C(=O)O. The summed E-state index contributed by atoms with van der Waals surface area (Å²) in [5, 5.41) is 11.0. The second kappa shape index (κ2) is 8.60. The fourth-order valence-corrected chi connectivity index (χ4v) is 1.56. The van der Waals surface area contributed by atoms with E-state index in [-0.39, 0.29) is 25.0 Å². The van der Waals surface area contributed by atoms with Crippen LogP contribution in [0.4, 0.5) is 9.18 Å². The first-order chi connectivity index (χ1) is 10.4. The van der Waals surface area contributed by atoms with Gasteiger partial charge in [0.15, 0.2) is 0 Å². The lowest BCUT2D eigenvalue weighted by Crippen LogP contribution is -2.41. The van der Waals surface area contributed by atoms with E-state index in [0.717, 1.165) is 0 Å². The van der Waals surface area contributed by atoms with Crippen molar-refractivity contribution in [1.29, 1.82) is 0 Å². The van der Waals surface area contributed by atoms with Gasteiger partial charge in [-0.2, -0.15) is 0 Å². The Balaban J connectivity index is 2.48. The third kappa shape index (κ3) is 5.78. The average molecular weight is 313 g/mol. The van der Waals surface area contributed by atoms with Crippen LogP contribution in [0.15, 0.2) is 24.3 Å². The molecule has 8 heteroatoms. The molecule has 0 aliphatic rings. The van der Waals surface area contributed by atoms with Crippen molar-refractivity contribution in [2.24, 2.45) is 0 Å². The number of esters is 1. The molecule has 0 aliphatic heterocycles. The molecule has 22 heavy (non-hydrogen) atoms. The normalized spacial score (nSPS) is 11.4. The van der Waals surface area contributed by atoms with Crippen molar-refractivity contribution in [2.75, 3.05) is 7.11 Å². The molecule has 2 N–H and O–H groups in total. The van der Waals surface area contributed by atoms with Gasteiger partial charge in [-0.15, -0.1) is 0 Å². The van der Waals surface area contributed by atoms with Gasteiger partial charge in [0.25, 0.3) is 0 Å². The number of benzene rings is 1. The Labute approximate surface area is 126 Å². The highest BCUT2D eigenvalue weighted by molar-refractivity contribution is 5.80. The molecule has 7 nitrogen and oxygen atoms in total. The van der Waals surface area contributed by atoms with E-state index < -0.39 is 29.9 Å². The summed E-state index contributed by atoms with van der Waals surface area (Å²) >= 11 is 0. The highest BCUT2D eigenvalue weighted by Gasteiger charge is 2.22. The number of nitrogens with one attached hydrogen (secondary N) is 1. The van der Waals surface area contributed by atoms with Gasteiger partial charge in [0, 0.05) is 12.0 Å². The molecule has 1 atom stereocenters. The van der Waals surface area contributed by atoms with E-state index in [1.54, 1.807) is 6.07 Å². The van der Waals surface area contributed by atoms with E-state index in [4.69, 9.17) is 9.84 Å². The second-order valence-corrected chi connectivity index (χ2v) is 4.32. The number of hydrogen-bond donors (Lipinski definition) is 2. The molecule has 0 aromatic heterocycles. The first kappa shape index (κ1) is 17.4. The van der Waals surface area contributed by atoms with Crippen LogP contribution >= 0.6 is 0 Å². The molecule has 0 saturated heterocycles. The largest absolute Gasteiger partial charge is 0.480 e. The Morgan fingerprint density at radius 1 is 1.32 bits per heavy atom. The summed E-state index contributed by atoms with van der Waals surface area (Å²) in [5.41, 5.74) is 0.166. The van der Waals surface area contributed by atoms with Crippen molar-refractivity contribution in [2.45, 2.75) is 25.5 Å². The number of amides is 1. The fourth-order valence-electron chi connectivity index (χ4n) is 1.56. The minimum atomic E-state index is -1.31. The lowest BCUT2D eigenvalue weighted by molar-refractivity contribution is -0.142. The van der Waals surface area contributed by atoms with Crippen molar-refractivity contribution in [3.8, 4) is 0 Å². The van der Waals surface area contributed by atoms with Crippen LogP contribution in [-0.2, 0) is 25.7 Å². The van der Waals surface area contributed by atoms with Crippen LogP contribution in [0.5, 0.6) is 0 Å². The van der Waals surface area contributed by atoms with Crippen LogP contribution in [0.1, 0.15) is 18.4 Å². The van der Waals surface area contributed by atoms with Crippen molar-refractivity contribution in [3.63, 3.8) is 0 Å². The number of carbonyl (C=O) groups is 3. The number of aliphatic carboxylic acids is 1. The van der Waals surface area contributed by atoms with Gasteiger partial charge in [0.2, 0.25) is 0 Å². The summed E-state index contributed by atoms with van der Waals surface area (Å²) in [5.74, 6) is -2.43. The van der Waals surface area contributed by atoms with Crippen LogP contribution in [0, 0.1) is 5.82 Å². The predicted molar refractivity (Wildman–Crippen MR) is 72.4 cm³/mol. The van der Waals surface area contributed by atoms with Gasteiger partial charge in [-0.3, -0.25) is 4.79 Å². The molecule has 0 heterocycles. The van der Waals surface area contributed by atoms with Gasteiger partial charge < -0.3 is 19.9 Å². The number of ether oxygens (including phenoxy) is 2. The highest BCUT2D eigenvalue weighted by atomic mass is 19.1. The molecule has 0 saturated carbocycles. The average Bonchev–Trinajstić information content (AvgIpc) is 2.49. The molecule has 0 aliphatic carbocycles. The summed E-state index contributed by atoms with van der Waals surface area (Å²) < 4.78 is 22.5. The van der Waals surface area contributed by atoms with E-state index in [2.05, 4.69) is 10.1 Å². The van der Waals surface area contributed by atoms with Crippen LogP contribution in [0.2, 0.25) is 0 Å². The highest BCUT2D eigenvalue weighted by Crippen LogP contribution is 2.08. The number of rotatable bonds is 7. The molecule has 0 radical (unpaired) electrons. The van der Waals surface area contributed by atoms with Crippen molar-refractivity contribution < 1.29 is 33.4 Å². The summed E-state index contributed by atoms with van der Waals surface area (Å²) in [7, 11) is 1.17. The zero-order chi connectivity index (χ0) is 16.5. The van der Waals surface area contributed by atoms with Gasteiger partial charge in [-0.1, -0.05) is 18.2 Å². The Bertz CT molecular complexity index is 548. The summed E-state index contributed by atoms with van der Waals surface area (Å²) in [4.78, 5) is 33.5. The van der Waals surface area contributed by atoms with Crippen molar-refractivity contribution >= 4 is 18.0 Å². The molecule has 1 unspecified atom stereocenters. The zero-order valence-electron chi connectivity index (χ0n) is 11.9. The van der Waals surface area contributed by atoms with Gasteiger partial charge in [0.1, 0.15) is 18.5 Å². The smallest absolute Gasteiger partial charge is 0.408 e. The molecular weight excluding hydrogens is 297 g/mol. The summed E-state index contributed by atoms with van der Waals surface area (Å²) in [6.45, 7) is -0.332. The van der Waals surface area contributed by atoms with Crippen LogP contribution < -0.4 is 5.32 Å². The van der Waals surface area contributed by atoms with Crippen molar-refractivity contribution in [3.05, 3.63) is 35.6 Å². The minimum Gasteiger partial charge on any atom is -0.480 e. The lowest BCUT2D eigenvalue weighted by Gasteiger charge is -2.14. The minimum absolute atomic E-state index is 0.142. The maximum atomic E-state index is 13.3. The van der Waals surface area contributed by atoms with E-state index >= 15 is 0 Å². The summed E-state index contributed by atoms with van der Waals surface area (Å²) in [6, 6.07) is 4.43. The van der Waals surface area contributed by atoms with Crippen molar-refractivity contribution in [1.82, 2.24) is 5.32 Å². The molecule has 1 aromatic rings. The molecule has 120 valence electrons.